The lowest BCUT2D eigenvalue weighted by molar-refractivity contribution is -0.127. The number of piperazine rings is 1. The van der Waals surface area contributed by atoms with Gasteiger partial charge < -0.3 is 15.4 Å². The largest absolute Gasteiger partial charge is 0.465 e. The van der Waals surface area contributed by atoms with E-state index in [2.05, 4.69) is 27.4 Å². The summed E-state index contributed by atoms with van der Waals surface area (Å²) in [6.45, 7) is 7.42. The predicted molar refractivity (Wildman–Crippen MR) is 124 cm³/mol. The molecule has 0 aromatic carbocycles. The van der Waals surface area contributed by atoms with E-state index in [0.717, 1.165) is 63.8 Å². The molecule has 176 valence electrons. The van der Waals surface area contributed by atoms with E-state index >= 15 is 0 Å². The molecule has 0 radical (unpaired) electrons. The first-order valence-electron chi connectivity index (χ1n) is 11.6. The first-order valence-corrected chi connectivity index (χ1v) is 12.5. The van der Waals surface area contributed by atoms with Crippen molar-refractivity contribution in [3.63, 3.8) is 0 Å². The monoisotopic (exact) mass is 462 g/mol. The quantitative estimate of drug-likeness (QED) is 0.602. The van der Waals surface area contributed by atoms with Gasteiger partial charge in [-0.25, -0.2) is 4.79 Å². The SMILES string of the molecule is COC(=O)c1c(NC(=O)CN2CCN([C@H](C)C(=O)NC3CC3)CC2)sc2c1CC[C@H](C)C2. The average molecular weight is 463 g/mol. The van der Waals surface area contributed by atoms with Crippen LogP contribution in [0.2, 0.25) is 0 Å². The van der Waals surface area contributed by atoms with E-state index in [0.29, 0.717) is 22.5 Å². The Hall–Kier alpha value is -1.97. The molecule has 0 spiro atoms. The third-order valence-electron chi connectivity index (χ3n) is 6.78. The van der Waals surface area contributed by atoms with Crippen molar-refractivity contribution in [1.82, 2.24) is 15.1 Å². The molecule has 2 amide bonds. The van der Waals surface area contributed by atoms with Gasteiger partial charge in [0.15, 0.2) is 0 Å². The Labute approximate surface area is 193 Å². The maximum atomic E-state index is 12.8. The molecule has 3 aliphatic rings. The van der Waals surface area contributed by atoms with Crippen molar-refractivity contribution in [3.8, 4) is 0 Å². The van der Waals surface area contributed by atoms with Crippen molar-refractivity contribution < 1.29 is 19.1 Å². The molecule has 9 heteroatoms. The molecule has 1 aromatic heterocycles. The van der Waals surface area contributed by atoms with Gasteiger partial charge in [-0.05, 0) is 50.5 Å². The Kier molecular flexibility index (Phi) is 7.17. The van der Waals surface area contributed by atoms with Crippen molar-refractivity contribution in [2.75, 3.05) is 45.2 Å². The molecule has 1 aromatic rings. The second-order valence-corrected chi connectivity index (χ2v) is 10.5. The smallest absolute Gasteiger partial charge is 0.341 e. The van der Waals surface area contributed by atoms with E-state index < -0.39 is 0 Å². The van der Waals surface area contributed by atoms with Gasteiger partial charge in [0.25, 0.3) is 0 Å². The topological polar surface area (TPSA) is 91.0 Å². The van der Waals surface area contributed by atoms with Crippen molar-refractivity contribution in [2.24, 2.45) is 5.92 Å². The highest BCUT2D eigenvalue weighted by molar-refractivity contribution is 7.17. The zero-order chi connectivity index (χ0) is 22.8. The van der Waals surface area contributed by atoms with Crippen LogP contribution in [0, 0.1) is 5.92 Å². The van der Waals surface area contributed by atoms with Gasteiger partial charge in [-0.15, -0.1) is 11.3 Å². The summed E-state index contributed by atoms with van der Waals surface area (Å²) >= 11 is 1.51. The Balaban J connectivity index is 1.31. The zero-order valence-corrected chi connectivity index (χ0v) is 20.1. The lowest BCUT2D eigenvalue weighted by atomic mass is 9.88. The summed E-state index contributed by atoms with van der Waals surface area (Å²) in [5, 5.41) is 6.67. The number of methoxy groups -OCH3 is 1. The van der Waals surface area contributed by atoms with E-state index in [1.54, 1.807) is 0 Å². The molecule has 0 bridgehead atoms. The highest BCUT2D eigenvalue weighted by Crippen LogP contribution is 2.40. The fraction of sp³-hybridized carbons (Fsp3) is 0.696. The number of hydrogen-bond donors (Lipinski definition) is 2. The second kappa shape index (κ2) is 9.89. The molecule has 32 heavy (non-hydrogen) atoms. The molecule has 1 saturated heterocycles. The van der Waals surface area contributed by atoms with Gasteiger partial charge in [-0.1, -0.05) is 6.92 Å². The minimum absolute atomic E-state index is 0.102. The molecule has 2 atom stereocenters. The van der Waals surface area contributed by atoms with Gasteiger partial charge >= 0.3 is 5.97 Å². The van der Waals surface area contributed by atoms with Gasteiger partial charge in [0, 0.05) is 37.1 Å². The summed E-state index contributed by atoms with van der Waals surface area (Å²) in [4.78, 5) is 43.0. The average Bonchev–Trinajstić information content (AvgIpc) is 3.52. The van der Waals surface area contributed by atoms with Crippen LogP contribution in [0.5, 0.6) is 0 Å². The van der Waals surface area contributed by atoms with E-state index in [1.165, 1.54) is 23.3 Å². The van der Waals surface area contributed by atoms with E-state index in [-0.39, 0.29) is 30.4 Å². The number of carbonyl (C=O) groups excluding carboxylic acids is 3. The number of anilines is 1. The summed E-state index contributed by atoms with van der Waals surface area (Å²) in [5.41, 5.74) is 1.58. The third-order valence-corrected chi connectivity index (χ3v) is 7.95. The van der Waals surface area contributed by atoms with Crippen LogP contribution in [0.25, 0.3) is 0 Å². The molecular weight excluding hydrogens is 428 g/mol. The van der Waals surface area contributed by atoms with Crippen molar-refractivity contribution in [1.29, 1.82) is 0 Å². The number of ether oxygens (including phenoxy) is 1. The van der Waals surface area contributed by atoms with Crippen LogP contribution in [-0.4, -0.2) is 79.5 Å². The number of thiophene rings is 1. The number of nitrogens with one attached hydrogen (secondary N) is 2. The molecule has 0 unspecified atom stereocenters. The fourth-order valence-corrected chi connectivity index (χ4v) is 5.97. The fourth-order valence-electron chi connectivity index (χ4n) is 4.55. The van der Waals surface area contributed by atoms with Crippen LogP contribution in [0.3, 0.4) is 0 Å². The van der Waals surface area contributed by atoms with Gasteiger partial charge in [-0.2, -0.15) is 0 Å². The number of hydrogen-bond acceptors (Lipinski definition) is 7. The van der Waals surface area contributed by atoms with Crippen molar-refractivity contribution in [2.45, 2.75) is 58.0 Å². The highest BCUT2D eigenvalue weighted by Gasteiger charge is 2.31. The summed E-state index contributed by atoms with van der Waals surface area (Å²) in [7, 11) is 1.38. The lowest BCUT2D eigenvalue weighted by Crippen LogP contribution is -2.55. The normalized spacial score (nSPS) is 22.7. The number of fused-ring (bicyclic) bond motifs is 1. The second-order valence-electron chi connectivity index (χ2n) is 9.37. The lowest BCUT2D eigenvalue weighted by Gasteiger charge is -2.37. The molecular formula is C23H34N4O4S. The van der Waals surface area contributed by atoms with Crippen LogP contribution in [-0.2, 0) is 27.2 Å². The number of carbonyl (C=O) groups is 3. The summed E-state index contributed by atoms with van der Waals surface area (Å²) < 4.78 is 5.01. The Morgan fingerprint density at radius 3 is 2.53 bits per heavy atom. The van der Waals surface area contributed by atoms with E-state index in [1.807, 2.05) is 6.92 Å². The number of rotatable bonds is 7. The Morgan fingerprint density at radius 1 is 1.16 bits per heavy atom. The van der Waals surface area contributed by atoms with Crippen LogP contribution in [0.15, 0.2) is 0 Å². The third kappa shape index (κ3) is 5.32. The summed E-state index contributed by atoms with van der Waals surface area (Å²) in [5.74, 6) is 0.194. The van der Waals surface area contributed by atoms with Crippen LogP contribution in [0.4, 0.5) is 5.00 Å². The number of esters is 1. The number of amides is 2. The van der Waals surface area contributed by atoms with E-state index in [9.17, 15) is 14.4 Å². The standard InChI is InChI=1S/C23H34N4O4S/c1-14-4-7-17-18(12-14)32-22(20(17)23(30)31-3)25-19(28)13-26-8-10-27(11-9-26)15(2)21(29)24-16-5-6-16/h14-16H,4-13H2,1-3H3,(H,24,29)(H,25,28)/t14-,15+/m0/s1. The summed E-state index contributed by atoms with van der Waals surface area (Å²) in [6.07, 6.45) is 5.01. The Bertz CT molecular complexity index is 874. The molecule has 2 fully saturated rings. The highest BCUT2D eigenvalue weighted by atomic mass is 32.1. The first kappa shape index (κ1) is 23.2. The van der Waals surface area contributed by atoms with Gasteiger partial charge in [-0.3, -0.25) is 19.4 Å². The van der Waals surface area contributed by atoms with Crippen LogP contribution >= 0.6 is 11.3 Å². The molecule has 8 nitrogen and oxygen atoms in total. The molecule has 2 aliphatic carbocycles. The molecule has 1 saturated carbocycles. The predicted octanol–water partition coefficient (Wildman–Crippen LogP) is 1.88. The maximum absolute atomic E-state index is 12.8. The zero-order valence-electron chi connectivity index (χ0n) is 19.2. The molecule has 1 aliphatic heterocycles. The van der Waals surface area contributed by atoms with Crippen LogP contribution < -0.4 is 10.6 Å². The minimum Gasteiger partial charge on any atom is -0.465 e. The van der Waals surface area contributed by atoms with Gasteiger partial charge in [0.2, 0.25) is 11.8 Å². The number of nitrogens with zero attached hydrogens (tertiary/aromatic N) is 2. The molecule has 4 rings (SSSR count). The van der Waals surface area contributed by atoms with Crippen molar-refractivity contribution >= 4 is 34.1 Å². The summed E-state index contributed by atoms with van der Waals surface area (Å²) in [6, 6.07) is 0.227. The van der Waals surface area contributed by atoms with Gasteiger partial charge in [0.1, 0.15) is 5.00 Å². The van der Waals surface area contributed by atoms with E-state index in [4.69, 9.17) is 4.74 Å². The molecule has 2 N–H and O–H groups in total. The van der Waals surface area contributed by atoms with Crippen LogP contribution in [0.1, 0.15) is 53.9 Å². The minimum atomic E-state index is -0.376. The molecule has 2 heterocycles. The Morgan fingerprint density at radius 2 is 1.88 bits per heavy atom. The first-order chi connectivity index (χ1) is 15.4. The van der Waals surface area contributed by atoms with Gasteiger partial charge in [0.05, 0.1) is 25.3 Å². The van der Waals surface area contributed by atoms with Crippen molar-refractivity contribution in [3.05, 3.63) is 16.0 Å². The maximum Gasteiger partial charge on any atom is 0.341 e.